The summed E-state index contributed by atoms with van der Waals surface area (Å²) in [5.74, 6) is -1.12. The van der Waals surface area contributed by atoms with E-state index < -0.39 is 17.8 Å². The number of imidazole rings is 1. The number of carbonyl (C=O) groups is 2. The molecule has 2 N–H and O–H groups in total. The molecule has 3 aromatic rings. The van der Waals surface area contributed by atoms with Crippen LogP contribution in [0.25, 0.3) is 16.9 Å². The topological polar surface area (TPSA) is 96.2 Å². The van der Waals surface area contributed by atoms with Crippen LogP contribution in [0.4, 0.5) is 9.18 Å². The molecule has 2 aromatic heterocycles. The number of fused-ring (bicyclic) bond motifs is 1. The van der Waals surface area contributed by atoms with Crippen molar-refractivity contribution in [1.29, 1.82) is 0 Å². The van der Waals surface area contributed by atoms with E-state index in [0.29, 0.717) is 42.0 Å². The highest BCUT2D eigenvalue weighted by atomic mass is 19.1. The third kappa shape index (κ3) is 4.03. The predicted octanol–water partition coefficient (Wildman–Crippen LogP) is 3.04. The lowest BCUT2D eigenvalue weighted by Gasteiger charge is -2.31. The first kappa shape index (κ1) is 21.8. The first-order chi connectivity index (χ1) is 15.3. The first-order valence-electron chi connectivity index (χ1n) is 10.4. The maximum atomic E-state index is 14.8. The van der Waals surface area contributed by atoms with Gasteiger partial charge in [0.2, 0.25) is 0 Å². The Labute approximate surface area is 184 Å². The Hall–Kier alpha value is -3.46. The van der Waals surface area contributed by atoms with Crippen molar-refractivity contribution in [2.45, 2.75) is 26.4 Å². The zero-order valence-electron chi connectivity index (χ0n) is 18.2. The summed E-state index contributed by atoms with van der Waals surface area (Å²) in [5, 5.41) is 11.8. The average Bonchev–Trinajstić information content (AvgIpc) is 3.11. The number of aromatic nitrogens is 2. The van der Waals surface area contributed by atoms with Crippen LogP contribution >= 0.6 is 0 Å². The highest BCUT2D eigenvalue weighted by molar-refractivity contribution is 5.95. The molecule has 1 aliphatic rings. The number of amides is 2. The van der Waals surface area contributed by atoms with Gasteiger partial charge in [-0.05, 0) is 49.2 Å². The number of benzene rings is 1. The van der Waals surface area contributed by atoms with Crippen molar-refractivity contribution >= 4 is 17.6 Å². The lowest BCUT2D eigenvalue weighted by atomic mass is 9.98. The Kier molecular flexibility index (Phi) is 5.84. The number of nitrogens with zero attached hydrogens (tertiary/aromatic N) is 3. The molecule has 0 aliphatic carbocycles. The molecule has 9 heteroatoms. The molecule has 1 saturated heterocycles. The minimum absolute atomic E-state index is 0.0253. The molecule has 1 fully saturated rings. The van der Waals surface area contributed by atoms with E-state index in [1.807, 2.05) is 36.6 Å². The number of morpholine rings is 1. The molecule has 0 radical (unpaired) electrons. The van der Waals surface area contributed by atoms with E-state index in [9.17, 15) is 19.1 Å². The summed E-state index contributed by atoms with van der Waals surface area (Å²) in [7, 11) is 1.46. The molecule has 3 heterocycles. The second-order valence-corrected chi connectivity index (χ2v) is 7.99. The summed E-state index contributed by atoms with van der Waals surface area (Å²) < 4.78 is 22.6. The van der Waals surface area contributed by atoms with Crippen molar-refractivity contribution in [2.75, 3.05) is 26.7 Å². The van der Waals surface area contributed by atoms with Crippen LogP contribution in [0, 0.1) is 19.7 Å². The molecule has 1 aromatic carbocycles. The maximum absolute atomic E-state index is 14.8. The number of hydrogen-bond donors (Lipinski definition) is 2. The van der Waals surface area contributed by atoms with Crippen LogP contribution < -0.4 is 5.32 Å². The van der Waals surface area contributed by atoms with E-state index in [-0.39, 0.29) is 18.2 Å². The Balaban J connectivity index is 1.81. The number of hydrogen-bond acceptors (Lipinski definition) is 4. The molecular formula is C23H25FN4O4. The van der Waals surface area contributed by atoms with E-state index in [1.165, 1.54) is 24.1 Å². The summed E-state index contributed by atoms with van der Waals surface area (Å²) in [4.78, 5) is 29.5. The molecule has 2 amide bonds. The summed E-state index contributed by atoms with van der Waals surface area (Å²) in [5.41, 5.74) is 4.39. The zero-order valence-corrected chi connectivity index (χ0v) is 18.2. The Bertz CT molecular complexity index is 1210. The molecule has 168 valence electrons. The van der Waals surface area contributed by atoms with E-state index in [0.717, 1.165) is 11.3 Å². The number of aryl methyl sites for hydroxylation is 2. The number of rotatable bonds is 4. The van der Waals surface area contributed by atoms with Gasteiger partial charge >= 0.3 is 6.09 Å². The van der Waals surface area contributed by atoms with Gasteiger partial charge in [-0.15, -0.1) is 0 Å². The molecule has 1 unspecified atom stereocenters. The van der Waals surface area contributed by atoms with Gasteiger partial charge in [0.1, 0.15) is 11.5 Å². The number of ether oxygens (including phenoxy) is 1. The minimum Gasteiger partial charge on any atom is -0.465 e. The molecule has 0 spiro atoms. The molecule has 4 rings (SSSR count). The minimum atomic E-state index is -0.977. The molecule has 1 atom stereocenters. The summed E-state index contributed by atoms with van der Waals surface area (Å²) in [6, 6.07) is 6.74. The van der Waals surface area contributed by atoms with Crippen LogP contribution in [-0.2, 0) is 11.2 Å². The molecule has 32 heavy (non-hydrogen) atoms. The number of halogens is 1. The largest absolute Gasteiger partial charge is 0.465 e. The van der Waals surface area contributed by atoms with Crippen LogP contribution in [0.2, 0.25) is 0 Å². The first-order valence-corrected chi connectivity index (χ1v) is 10.4. The normalized spacial score (nSPS) is 16.4. The number of carbonyl (C=O) groups excluding carboxylic acids is 1. The monoisotopic (exact) mass is 440 g/mol. The highest BCUT2D eigenvalue weighted by Crippen LogP contribution is 2.31. The van der Waals surface area contributed by atoms with Crippen molar-refractivity contribution in [2.24, 2.45) is 0 Å². The van der Waals surface area contributed by atoms with Crippen LogP contribution in [0.5, 0.6) is 0 Å². The van der Waals surface area contributed by atoms with Gasteiger partial charge in [0, 0.05) is 31.8 Å². The fourth-order valence-corrected chi connectivity index (χ4v) is 4.09. The van der Waals surface area contributed by atoms with Crippen LogP contribution in [-0.4, -0.2) is 64.2 Å². The average molecular weight is 440 g/mol. The van der Waals surface area contributed by atoms with Crippen molar-refractivity contribution in [3.63, 3.8) is 0 Å². The van der Waals surface area contributed by atoms with E-state index in [1.54, 1.807) is 0 Å². The van der Waals surface area contributed by atoms with Gasteiger partial charge in [0.05, 0.1) is 36.2 Å². The van der Waals surface area contributed by atoms with Gasteiger partial charge in [-0.3, -0.25) is 4.79 Å². The van der Waals surface area contributed by atoms with Gasteiger partial charge in [-0.2, -0.15) is 0 Å². The second-order valence-electron chi connectivity index (χ2n) is 7.99. The molecule has 0 bridgehead atoms. The SMILES string of the molecule is CNC(=O)c1cc(C)c(-c2nc3cc(C)ccn3c2CC2CN(C(=O)O)CCO2)cc1F. The second kappa shape index (κ2) is 8.58. The third-order valence-electron chi connectivity index (χ3n) is 5.75. The van der Waals surface area contributed by atoms with E-state index in [4.69, 9.17) is 9.72 Å². The third-order valence-corrected chi connectivity index (χ3v) is 5.75. The van der Waals surface area contributed by atoms with Gasteiger partial charge in [0.15, 0.2) is 0 Å². The number of pyridine rings is 1. The van der Waals surface area contributed by atoms with E-state index in [2.05, 4.69) is 5.32 Å². The van der Waals surface area contributed by atoms with Gasteiger partial charge in [0.25, 0.3) is 5.91 Å². The van der Waals surface area contributed by atoms with Crippen molar-refractivity contribution < 1.29 is 23.8 Å². The van der Waals surface area contributed by atoms with Crippen LogP contribution in [0.15, 0.2) is 30.5 Å². The molecule has 0 saturated carbocycles. The van der Waals surface area contributed by atoms with Gasteiger partial charge < -0.3 is 24.5 Å². The smallest absolute Gasteiger partial charge is 0.407 e. The number of nitrogens with one attached hydrogen (secondary N) is 1. The summed E-state index contributed by atoms with van der Waals surface area (Å²) >= 11 is 0. The standard InChI is InChI=1S/C23H25FN4O4/c1-13-4-5-28-19(10-15-12-27(23(30)31)6-7-32-15)21(26-20(28)8-13)16-11-18(24)17(9-14(16)2)22(29)25-3/h4-5,8-9,11,15H,6-7,10,12H2,1-3H3,(H,25,29)(H,30,31). The van der Waals surface area contributed by atoms with Gasteiger partial charge in [-0.25, -0.2) is 14.2 Å². The van der Waals surface area contributed by atoms with Gasteiger partial charge in [-0.1, -0.05) is 0 Å². The predicted molar refractivity (Wildman–Crippen MR) is 116 cm³/mol. The fraction of sp³-hybridized carbons (Fsp3) is 0.348. The summed E-state index contributed by atoms with van der Waals surface area (Å²) in [6.07, 6.45) is 0.977. The van der Waals surface area contributed by atoms with E-state index >= 15 is 0 Å². The molecule has 1 aliphatic heterocycles. The summed E-state index contributed by atoms with van der Waals surface area (Å²) in [6.45, 7) is 4.67. The lowest BCUT2D eigenvalue weighted by Crippen LogP contribution is -2.45. The lowest BCUT2D eigenvalue weighted by molar-refractivity contribution is -0.0214. The van der Waals surface area contributed by atoms with Crippen LogP contribution in [0.3, 0.4) is 0 Å². The van der Waals surface area contributed by atoms with Crippen molar-refractivity contribution in [3.05, 3.63) is 58.7 Å². The van der Waals surface area contributed by atoms with Crippen LogP contribution in [0.1, 0.15) is 27.2 Å². The zero-order chi connectivity index (χ0) is 23.0. The maximum Gasteiger partial charge on any atom is 0.407 e. The fourth-order valence-electron chi connectivity index (χ4n) is 4.09. The van der Waals surface area contributed by atoms with Crippen molar-refractivity contribution in [3.8, 4) is 11.3 Å². The molecule has 8 nitrogen and oxygen atoms in total. The quantitative estimate of drug-likeness (QED) is 0.650. The Morgan fingerprint density at radius 3 is 2.81 bits per heavy atom. The Morgan fingerprint density at radius 2 is 2.09 bits per heavy atom. The highest BCUT2D eigenvalue weighted by Gasteiger charge is 2.27. The Morgan fingerprint density at radius 1 is 1.31 bits per heavy atom. The number of carboxylic acid groups (broad SMARTS) is 1. The molecular weight excluding hydrogens is 415 g/mol. The van der Waals surface area contributed by atoms with Crippen molar-refractivity contribution in [1.82, 2.24) is 19.6 Å².